The Morgan fingerprint density at radius 3 is 2.26 bits per heavy atom. The summed E-state index contributed by atoms with van der Waals surface area (Å²) in [5.41, 5.74) is 2.29. The molecule has 2 heterocycles. The number of nitriles is 1. The minimum Gasteiger partial charge on any atom is -0.464 e. The highest BCUT2D eigenvalue weighted by atomic mass is 16.6. The molecule has 1 aliphatic carbocycles. The maximum atomic E-state index is 11.7. The van der Waals surface area contributed by atoms with Crippen LogP contribution in [0.5, 0.6) is 0 Å². The highest BCUT2D eigenvalue weighted by molar-refractivity contribution is 5.92. The summed E-state index contributed by atoms with van der Waals surface area (Å²) >= 11 is 0. The van der Waals surface area contributed by atoms with Crippen LogP contribution in [0.1, 0.15) is 41.4 Å². The summed E-state index contributed by atoms with van der Waals surface area (Å²) in [5.74, 6) is -0.436. The number of carbonyl (C=O) groups excluding carboxylic acids is 1. The van der Waals surface area contributed by atoms with Crippen molar-refractivity contribution in [1.82, 2.24) is 4.98 Å². The van der Waals surface area contributed by atoms with Crippen molar-refractivity contribution in [2.45, 2.75) is 25.2 Å². The monoisotopic (exact) mass is 318 g/mol. The van der Waals surface area contributed by atoms with Crippen molar-refractivity contribution in [1.29, 1.82) is 5.26 Å². The van der Waals surface area contributed by atoms with Gasteiger partial charge in [-0.15, -0.1) is 0 Å². The molecule has 6 nitrogen and oxygen atoms in total. The minimum atomic E-state index is -0.530. The molecule has 2 fully saturated rings. The van der Waals surface area contributed by atoms with E-state index in [0.717, 1.165) is 56.0 Å². The molecule has 2 aliphatic rings. The number of nitrogens with zero attached hydrogens (tertiary/aromatic N) is 1. The highest BCUT2D eigenvalue weighted by Gasteiger charge is 2.49. The lowest BCUT2D eigenvalue weighted by Gasteiger charge is -2.10. The number of nitrogens with one attached hydrogen (secondary N) is 1. The predicted molar refractivity (Wildman–Crippen MR) is 85.0 cm³/mol. The first-order valence-electron chi connectivity index (χ1n) is 7.58. The lowest BCUT2D eigenvalue weighted by Crippen LogP contribution is -2.16. The fourth-order valence-corrected chi connectivity index (χ4v) is 2.50. The van der Waals surface area contributed by atoms with Gasteiger partial charge in [-0.1, -0.05) is 6.58 Å². The summed E-state index contributed by atoms with van der Waals surface area (Å²) in [6, 6.07) is 2.30. The van der Waals surface area contributed by atoms with Gasteiger partial charge in [0.05, 0.1) is 45.0 Å². The van der Waals surface area contributed by atoms with Gasteiger partial charge in [0.15, 0.2) is 0 Å². The van der Waals surface area contributed by atoms with E-state index in [1.54, 1.807) is 6.20 Å². The van der Waals surface area contributed by atoms with E-state index in [9.17, 15) is 10.1 Å². The second kappa shape index (κ2) is 7.44. The van der Waals surface area contributed by atoms with E-state index in [0.29, 0.717) is 5.69 Å². The zero-order valence-corrected chi connectivity index (χ0v) is 13.6. The molecular formula is C17H22N2O4. The van der Waals surface area contributed by atoms with Crippen molar-refractivity contribution in [2.24, 2.45) is 0 Å². The molecule has 1 aromatic heterocycles. The molecule has 1 N–H and O–H groups in total. The van der Waals surface area contributed by atoms with E-state index in [2.05, 4.69) is 17.6 Å². The third-order valence-corrected chi connectivity index (χ3v) is 3.92. The average Bonchev–Trinajstić information content (AvgIpc) is 3.26. The molecule has 23 heavy (non-hydrogen) atoms. The summed E-state index contributed by atoms with van der Waals surface area (Å²) in [5, 5.41) is 9.27. The molecule has 1 aliphatic heterocycles. The van der Waals surface area contributed by atoms with Gasteiger partial charge in [0.2, 0.25) is 0 Å². The lowest BCUT2D eigenvalue weighted by molar-refractivity contribution is -0.0334. The fourth-order valence-electron chi connectivity index (χ4n) is 2.50. The van der Waals surface area contributed by atoms with Gasteiger partial charge in [-0.05, 0) is 30.9 Å². The Morgan fingerprint density at radius 1 is 1.35 bits per heavy atom. The summed E-state index contributed by atoms with van der Waals surface area (Å²) < 4.78 is 14.6. The molecule has 124 valence electrons. The number of methoxy groups -OCH3 is 1. The number of ether oxygens (including phenoxy) is 3. The van der Waals surface area contributed by atoms with Crippen LogP contribution in [0.3, 0.4) is 0 Å². The molecule has 0 amide bonds. The van der Waals surface area contributed by atoms with Gasteiger partial charge in [-0.2, -0.15) is 5.26 Å². The van der Waals surface area contributed by atoms with Gasteiger partial charge in [0.25, 0.3) is 0 Å². The van der Waals surface area contributed by atoms with Crippen LogP contribution in [0.25, 0.3) is 5.57 Å². The van der Waals surface area contributed by atoms with Gasteiger partial charge in [0, 0.05) is 11.8 Å². The molecule has 1 saturated heterocycles. The topological polar surface area (TPSA) is 84.3 Å². The molecule has 1 saturated carbocycles. The van der Waals surface area contributed by atoms with Crippen LogP contribution in [-0.4, -0.2) is 44.5 Å². The minimum absolute atomic E-state index is 0.379. The van der Waals surface area contributed by atoms with E-state index in [4.69, 9.17) is 14.2 Å². The highest BCUT2D eigenvalue weighted by Crippen LogP contribution is 2.51. The van der Waals surface area contributed by atoms with Crippen molar-refractivity contribution in [2.75, 3.05) is 33.5 Å². The summed E-state index contributed by atoms with van der Waals surface area (Å²) in [4.78, 5) is 14.6. The first-order valence-corrected chi connectivity index (χ1v) is 7.58. The Labute approximate surface area is 136 Å². The Morgan fingerprint density at radius 2 is 1.91 bits per heavy atom. The zero-order chi connectivity index (χ0) is 16.9. The van der Waals surface area contributed by atoms with Crippen molar-refractivity contribution in [3.63, 3.8) is 0 Å². The number of allylic oxidation sites excluding steroid dienone is 1. The molecule has 0 unspecified atom stereocenters. The summed E-state index contributed by atoms with van der Waals surface area (Å²) in [6.45, 7) is 8.85. The number of aromatic nitrogens is 1. The Hall–Kier alpha value is -2.10. The Bertz CT molecular complexity index is 608. The smallest absolute Gasteiger partial charge is 0.354 e. The Kier molecular flexibility index (Phi) is 5.59. The van der Waals surface area contributed by atoms with Crippen molar-refractivity contribution in [3.8, 4) is 6.07 Å². The van der Waals surface area contributed by atoms with Crippen LogP contribution in [0, 0.1) is 11.3 Å². The molecule has 0 spiro atoms. The third kappa shape index (κ3) is 3.81. The number of rotatable bonds is 3. The van der Waals surface area contributed by atoms with Gasteiger partial charge in [-0.25, -0.2) is 4.79 Å². The maximum Gasteiger partial charge on any atom is 0.354 e. The van der Waals surface area contributed by atoms with Crippen molar-refractivity contribution in [3.05, 3.63) is 29.6 Å². The molecule has 0 radical (unpaired) electrons. The number of hydrogen-bond acceptors (Lipinski definition) is 5. The molecule has 0 atom stereocenters. The third-order valence-electron chi connectivity index (χ3n) is 3.92. The SMILES string of the molecule is C1COCCO1.C=C(C)c1c[nH]c(C(=O)OC)c1C1(C#N)CC1. The summed E-state index contributed by atoms with van der Waals surface area (Å²) in [7, 11) is 1.33. The van der Waals surface area contributed by atoms with Gasteiger partial charge in [-0.3, -0.25) is 0 Å². The normalized spacial score (nSPS) is 18.1. The molecule has 3 rings (SSSR count). The molecule has 0 bridgehead atoms. The predicted octanol–water partition coefficient (Wildman–Crippen LogP) is 2.42. The van der Waals surface area contributed by atoms with Crippen molar-refractivity contribution >= 4 is 11.5 Å². The maximum absolute atomic E-state index is 11.7. The first kappa shape index (κ1) is 17.3. The van der Waals surface area contributed by atoms with E-state index >= 15 is 0 Å². The quantitative estimate of drug-likeness (QED) is 0.865. The van der Waals surface area contributed by atoms with Gasteiger partial charge >= 0.3 is 5.97 Å². The lowest BCUT2D eigenvalue weighted by atomic mass is 9.91. The van der Waals surface area contributed by atoms with Crippen LogP contribution < -0.4 is 0 Å². The van der Waals surface area contributed by atoms with E-state index in [-0.39, 0.29) is 0 Å². The number of aromatic amines is 1. The molecule has 0 aromatic carbocycles. The van der Waals surface area contributed by atoms with E-state index in [1.165, 1.54) is 7.11 Å². The number of carbonyl (C=O) groups is 1. The second-order valence-corrected chi connectivity index (χ2v) is 5.64. The van der Waals surface area contributed by atoms with Crippen molar-refractivity contribution < 1.29 is 19.0 Å². The zero-order valence-electron chi connectivity index (χ0n) is 13.6. The Balaban J connectivity index is 0.000000268. The van der Waals surface area contributed by atoms with E-state index in [1.807, 2.05) is 6.92 Å². The van der Waals surface area contributed by atoms with Crippen LogP contribution in [0.4, 0.5) is 0 Å². The first-order chi connectivity index (χ1) is 11.1. The fraction of sp³-hybridized carbons (Fsp3) is 0.529. The van der Waals surface area contributed by atoms with E-state index < -0.39 is 11.4 Å². The van der Waals surface area contributed by atoms with Crippen LogP contribution in [-0.2, 0) is 19.6 Å². The van der Waals surface area contributed by atoms with Crippen LogP contribution >= 0.6 is 0 Å². The summed E-state index contributed by atoms with van der Waals surface area (Å²) in [6.07, 6.45) is 3.29. The number of esters is 1. The molecular weight excluding hydrogens is 296 g/mol. The number of hydrogen-bond donors (Lipinski definition) is 1. The second-order valence-electron chi connectivity index (χ2n) is 5.64. The molecule has 6 heteroatoms. The van der Waals surface area contributed by atoms with Crippen LogP contribution in [0.2, 0.25) is 0 Å². The number of H-pyrrole nitrogens is 1. The van der Waals surface area contributed by atoms with Gasteiger partial charge < -0.3 is 19.2 Å². The van der Waals surface area contributed by atoms with Crippen LogP contribution in [0.15, 0.2) is 12.8 Å². The largest absolute Gasteiger partial charge is 0.464 e. The average molecular weight is 318 g/mol. The van der Waals surface area contributed by atoms with Gasteiger partial charge in [0.1, 0.15) is 5.69 Å². The molecule has 1 aromatic rings. The standard InChI is InChI=1S/C13H14N2O2.C4H8O2/c1-8(2)9-6-15-11(12(16)17-3)10(9)13(7-14)4-5-13;1-2-6-4-3-5-1/h6,15H,1,4-5H2,2-3H3;1-4H2.